The van der Waals surface area contributed by atoms with E-state index in [9.17, 15) is 0 Å². The van der Waals surface area contributed by atoms with Gasteiger partial charge in [0, 0.05) is 0 Å². The Labute approximate surface area is 42.4 Å². The molecule has 0 rings (SSSR count). The van der Waals surface area contributed by atoms with Crippen molar-refractivity contribution in [1.82, 2.24) is 0 Å². The summed E-state index contributed by atoms with van der Waals surface area (Å²) in [4.78, 5) is 8.51. The van der Waals surface area contributed by atoms with E-state index in [0.717, 1.165) is 0 Å². The van der Waals surface area contributed by atoms with E-state index in [1.54, 1.807) is 0 Å². The minimum absolute atomic E-state index is 1.39. The van der Waals surface area contributed by atoms with Gasteiger partial charge >= 0.3 is 41.5 Å². The number of hydrogen-bond donors (Lipinski definition) is 1. The summed E-state index contributed by atoms with van der Waals surface area (Å²) >= 11 is 5.19. The normalized spacial score (nSPS) is 14.7. The predicted molar refractivity (Wildman–Crippen MR) is 29.3 cm³/mol. The Morgan fingerprint density at radius 1 is 1.83 bits per heavy atom. The van der Waals surface area contributed by atoms with Crippen molar-refractivity contribution < 1.29 is 9.42 Å². The van der Waals surface area contributed by atoms with Crippen LogP contribution in [-0.4, -0.2) is 18.7 Å². The van der Waals surface area contributed by atoms with Crippen molar-refractivity contribution in [2.45, 2.75) is 0 Å². The number of halogens is 1. The van der Waals surface area contributed by atoms with Gasteiger partial charge in [-0.2, -0.15) is 0 Å². The van der Waals surface area contributed by atoms with Crippen LogP contribution in [0.5, 0.6) is 0 Å². The molecule has 0 unspecified atom stereocenters. The van der Waals surface area contributed by atoms with Crippen molar-refractivity contribution in [1.29, 1.82) is 0 Å². The van der Waals surface area contributed by atoms with Gasteiger partial charge in [-0.15, -0.1) is 0 Å². The molecule has 0 radical (unpaired) electrons. The van der Waals surface area contributed by atoms with Gasteiger partial charge in [0.1, 0.15) is 0 Å². The third kappa shape index (κ3) is 4.64. The molecule has 2 nitrogen and oxygen atoms in total. The molecule has 0 saturated carbocycles. The summed E-state index contributed by atoms with van der Waals surface area (Å²) in [5, 5.41) is 0. The van der Waals surface area contributed by atoms with Crippen LogP contribution in [0.25, 0.3) is 0 Å². The second kappa shape index (κ2) is 2.08. The zero-order valence-electron chi connectivity index (χ0n) is 3.73. The number of hydrogen-bond acceptors (Lipinski definition) is 2. The second-order valence-electron chi connectivity index (χ2n) is 1.07. The molecule has 0 spiro atoms. The fourth-order valence-electron chi connectivity index (χ4n) is 0. The van der Waals surface area contributed by atoms with Gasteiger partial charge in [0.2, 0.25) is 0 Å². The summed E-state index contributed by atoms with van der Waals surface area (Å²) in [5.41, 5.74) is 0. The zero-order chi connectivity index (χ0) is 5.21. The van der Waals surface area contributed by atoms with Crippen molar-refractivity contribution in [2.24, 2.45) is 0 Å². The molecule has 40 valence electrons. The molecule has 0 aliphatic rings. The van der Waals surface area contributed by atoms with Crippen LogP contribution < -0.4 is 0 Å². The van der Waals surface area contributed by atoms with E-state index in [0.29, 0.717) is 0 Å². The monoisotopic (exact) mass is 130 g/mol. The van der Waals surface area contributed by atoms with Gasteiger partial charge in [0.15, 0.2) is 0 Å². The summed E-state index contributed by atoms with van der Waals surface area (Å²) in [6, 6.07) is 0. The Morgan fingerprint density at radius 2 is 2.00 bits per heavy atom. The summed E-state index contributed by atoms with van der Waals surface area (Å²) in [6.45, 7) is 1.48. The third-order valence-corrected chi connectivity index (χ3v) is 1.58. The first-order chi connectivity index (χ1) is 2.56. The Hall–Kier alpha value is 0.640. The first kappa shape index (κ1) is 6.64. The van der Waals surface area contributed by atoms with Crippen molar-refractivity contribution in [3.05, 3.63) is 0 Å². The maximum atomic E-state index is 8.51. The molecule has 0 atom stereocenters. The first-order valence-electron chi connectivity index (χ1n) is 1.52. The topological polar surface area (TPSA) is 29.5 Å². The molecule has 0 fully saturated rings. The van der Waals surface area contributed by atoms with Gasteiger partial charge < -0.3 is 0 Å². The molecule has 4 heteroatoms. The quantitative estimate of drug-likeness (QED) is 0.537. The van der Waals surface area contributed by atoms with Crippen molar-refractivity contribution in [2.75, 3.05) is 13.8 Å². The summed E-state index contributed by atoms with van der Waals surface area (Å²) < 4.78 is 4.40. The molecule has 0 heterocycles. The van der Waals surface area contributed by atoms with Crippen molar-refractivity contribution >= 4 is 18.3 Å². The Morgan fingerprint density at radius 3 is 2.00 bits per heavy atom. The molecule has 0 amide bonds. The molecule has 1 N–H and O–H groups in total. The van der Waals surface area contributed by atoms with Gasteiger partial charge in [0.25, 0.3) is 0 Å². The molecule has 0 aliphatic carbocycles. The Kier molecular flexibility index (Phi) is 2.30. The van der Waals surface area contributed by atoms with E-state index in [1.807, 2.05) is 0 Å². The van der Waals surface area contributed by atoms with Crippen molar-refractivity contribution in [3.63, 3.8) is 0 Å². The van der Waals surface area contributed by atoms with E-state index >= 15 is 0 Å². The van der Waals surface area contributed by atoms with Crippen LogP contribution in [0.3, 0.4) is 0 Å². The fraction of sp³-hybridized carbons (Fsp3) is 1.00. The van der Waals surface area contributed by atoms with Crippen LogP contribution in [0.2, 0.25) is 0 Å². The van der Waals surface area contributed by atoms with Gasteiger partial charge in [-0.05, 0) is 0 Å². The molecule has 6 heavy (non-hydrogen) atoms. The van der Waals surface area contributed by atoms with Gasteiger partial charge in [0.05, 0.1) is 0 Å². The summed E-state index contributed by atoms with van der Waals surface area (Å²) in [7, 11) is -1.27. The molecule has 0 bridgehead atoms. The standard InChI is InChI=1S/C2H8ClO2P/c1-5-6(2,3)4/h4,6H,1-2H3. The van der Waals surface area contributed by atoms with Crippen LogP contribution in [0.4, 0.5) is 0 Å². The fourth-order valence-corrected chi connectivity index (χ4v) is 0. The average molecular weight is 131 g/mol. The summed E-state index contributed by atoms with van der Waals surface area (Å²) in [6.07, 6.45) is 0. The van der Waals surface area contributed by atoms with Crippen molar-refractivity contribution in [3.8, 4) is 0 Å². The molecule has 0 aromatic carbocycles. The van der Waals surface area contributed by atoms with Gasteiger partial charge in [-0.3, -0.25) is 0 Å². The predicted octanol–water partition coefficient (Wildman–Crippen LogP) is 0.989. The average Bonchev–Trinajstić information content (AvgIpc) is 1.35. The summed E-state index contributed by atoms with van der Waals surface area (Å²) in [5.74, 6) is 0. The van der Waals surface area contributed by atoms with E-state index < -0.39 is 7.07 Å². The van der Waals surface area contributed by atoms with Crippen LogP contribution in [0.1, 0.15) is 0 Å². The molecule has 0 aromatic rings. The maximum absolute atomic E-state index is 8.51. The minimum atomic E-state index is -2.66. The Balaban J connectivity index is 3.17. The first-order valence-corrected chi connectivity index (χ1v) is 4.89. The van der Waals surface area contributed by atoms with Crippen LogP contribution in [0.15, 0.2) is 0 Å². The van der Waals surface area contributed by atoms with Gasteiger partial charge in [-0.1, -0.05) is 0 Å². The molecular weight excluding hydrogens is 122 g/mol. The van der Waals surface area contributed by atoms with E-state index in [-0.39, 0.29) is 0 Å². The number of rotatable bonds is 1. The second-order valence-corrected chi connectivity index (χ2v) is 5.33. The van der Waals surface area contributed by atoms with E-state index in [2.05, 4.69) is 4.52 Å². The molecule has 0 aromatic heterocycles. The zero-order valence-corrected chi connectivity index (χ0v) is 5.49. The molecule has 0 aliphatic heterocycles. The molecule has 0 saturated heterocycles. The Bertz CT molecular complexity index is 41.3. The van der Waals surface area contributed by atoms with Crippen LogP contribution in [0, 0.1) is 0 Å². The van der Waals surface area contributed by atoms with Crippen LogP contribution in [-0.2, 0) is 4.52 Å². The van der Waals surface area contributed by atoms with Crippen LogP contribution >= 0.6 is 18.3 Å². The molecular formula is C2H8ClO2P. The SMILES string of the molecule is CO[PH](C)(O)Cl. The third-order valence-electron chi connectivity index (χ3n) is 0.373. The van der Waals surface area contributed by atoms with E-state index in [1.165, 1.54) is 13.8 Å². The van der Waals surface area contributed by atoms with E-state index in [4.69, 9.17) is 16.1 Å². The van der Waals surface area contributed by atoms with Gasteiger partial charge in [-0.25, -0.2) is 0 Å².